The summed E-state index contributed by atoms with van der Waals surface area (Å²) in [7, 11) is 0. The SMILES string of the molecule is S=C(Cl)N1CC(Cl)(c2ccccc2)C1. The molecule has 0 unspecified atom stereocenters. The quantitative estimate of drug-likeness (QED) is 0.324. The van der Waals surface area contributed by atoms with Gasteiger partial charge in [-0.2, -0.15) is 0 Å². The third-order valence-corrected chi connectivity index (χ3v) is 3.38. The average molecular weight is 246 g/mol. The molecule has 1 fully saturated rings. The molecule has 0 aliphatic carbocycles. The Hall–Kier alpha value is -0.310. The number of likely N-dealkylation sites (tertiary alicyclic amines) is 1. The largest absolute Gasteiger partial charge is 0.349 e. The first kappa shape index (κ1) is 10.2. The Bertz CT molecular complexity index is 346. The van der Waals surface area contributed by atoms with E-state index in [1.54, 1.807) is 0 Å². The molecule has 0 saturated carbocycles. The first-order valence-electron chi connectivity index (χ1n) is 4.31. The number of nitrogens with zero attached hydrogens (tertiary/aromatic N) is 1. The predicted octanol–water partition coefficient (Wildman–Crippen LogP) is 2.96. The van der Waals surface area contributed by atoms with Crippen LogP contribution in [0.3, 0.4) is 0 Å². The van der Waals surface area contributed by atoms with E-state index in [1.165, 1.54) is 0 Å². The van der Waals surface area contributed by atoms with Gasteiger partial charge >= 0.3 is 0 Å². The fourth-order valence-electron chi connectivity index (χ4n) is 1.60. The minimum Gasteiger partial charge on any atom is -0.349 e. The number of alkyl halides is 1. The molecule has 0 radical (unpaired) electrons. The molecule has 14 heavy (non-hydrogen) atoms. The lowest BCUT2D eigenvalue weighted by atomic mass is 9.91. The fraction of sp³-hybridized carbons (Fsp3) is 0.300. The lowest BCUT2D eigenvalue weighted by Crippen LogP contribution is -2.56. The monoisotopic (exact) mass is 245 g/mol. The van der Waals surface area contributed by atoms with Gasteiger partial charge in [0, 0.05) is 13.1 Å². The molecule has 2 rings (SSSR count). The maximum Gasteiger partial charge on any atom is 0.170 e. The number of hydrogen-bond donors (Lipinski definition) is 0. The second-order valence-electron chi connectivity index (χ2n) is 3.44. The van der Waals surface area contributed by atoms with E-state index in [2.05, 4.69) is 0 Å². The van der Waals surface area contributed by atoms with Gasteiger partial charge in [-0.15, -0.1) is 11.6 Å². The van der Waals surface area contributed by atoms with Crippen LogP contribution in [0.2, 0.25) is 0 Å². The summed E-state index contributed by atoms with van der Waals surface area (Å²) < 4.78 is 0.400. The highest BCUT2D eigenvalue weighted by Gasteiger charge is 2.43. The lowest BCUT2D eigenvalue weighted by Gasteiger charge is -2.46. The molecule has 1 aromatic carbocycles. The highest BCUT2D eigenvalue weighted by Crippen LogP contribution is 2.38. The zero-order valence-electron chi connectivity index (χ0n) is 7.41. The summed E-state index contributed by atoms with van der Waals surface area (Å²) in [6, 6.07) is 10.0. The van der Waals surface area contributed by atoms with E-state index in [-0.39, 0.29) is 4.87 Å². The summed E-state index contributed by atoms with van der Waals surface area (Å²) in [5, 5.41) is 0. The van der Waals surface area contributed by atoms with Crippen molar-refractivity contribution in [2.24, 2.45) is 0 Å². The molecule has 0 bridgehead atoms. The van der Waals surface area contributed by atoms with Crippen LogP contribution < -0.4 is 0 Å². The van der Waals surface area contributed by atoms with Crippen molar-refractivity contribution in [2.75, 3.05) is 13.1 Å². The Balaban J connectivity index is 2.12. The molecule has 1 aromatic rings. The highest BCUT2D eigenvalue weighted by molar-refractivity contribution is 7.83. The molecule has 1 nitrogen and oxygen atoms in total. The maximum absolute atomic E-state index is 6.41. The van der Waals surface area contributed by atoms with E-state index in [1.807, 2.05) is 35.2 Å². The molecular weight excluding hydrogens is 237 g/mol. The molecule has 1 aliphatic heterocycles. The van der Waals surface area contributed by atoms with Crippen molar-refractivity contribution in [2.45, 2.75) is 4.87 Å². The molecule has 0 N–H and O–H groups in total. The van der Waals surface area contributed by atoms with Crippen LogP contribution in [0.5, 0.6) is 0 Å². The van der Waals surface area contributed by atoms with Crippen molar-refractivity contribution in [3.05, 3.63) is 35.9 Å². The molecule has 0 spiro atoms. The summed E-state index contributed by atoms with van der Waals surface area (Å²) in [6.07, 6.45) is 0. The van der Waals surface area contributed by atoms with Crippen LogP contribution in [0.25, 0.3) is 0 Å². The fourth-order valence-corrected chi connectivity index (χ4v) is 2.27. The van der Waals surface area contributed by atoms with Gasteiger partial charge in [0.1, 0.15) is 4.87 Å². The van der Waals surface area contributed by atoms with Crippen LogP contribution in [0, 0.1) is 0 Å². The Morgan fingerprint density at radius 1 is 1.29 bits per heavy atom. The van der Waals surface area contributed by atoms with Crippen molar-refractivity contribution in [3.63, 3.8) is 0 Å². The number of rotatable bonds is 1. The number of thiocarbonyl (C=S) groups is 1. The molecule has 1 saturated heterocycles. The summed E-state index contributed by atoms with van der Waals surface area (Å²) in [6.45, 7) is 1.39. The minimum atomic E-state index is -0.305. The van der Waals surface area contributed by atoms with Crippen LogP contribution >= 0.6 is 35.4 Å². The van der Waals surface area contributed by atoms with Gasteiger partial charge in [-0.05, 0) is 17.8 Å². The number of hydrogen-bond acceptors (Lipinski definition) is 1. The third-order valence-electron chi connectivity index (χ3n) is 2.42. The average Bonchev–Trinajstić information content (AvgIpc) is 2.14. The van der Waals surface area contributed by atoms with E-state index < -0.39 is 0 Å². The minimum absolute atomic E-state index is 0.305. The molecule has 1 heterocycles. The van der Waals surface area contributed by atoms with Gasteiger partial charge in [-0.3, -0.25) is 0 Å². The van der Waals surface area contributed by atoms with Gasteiger partial charge in [0.25, 0.3) is 0 Å². The van der Waals surface area contributed by atoms with E-state index in [9.17, 15) is 0 Å². The van der Waals surface area contributed by atoms with Crippen LogP contribution in [0.1, 0.15) is 5.56 Å². The van der Waals surface area contributed by atoms with Crippen molar-refractivity contribution < 1.29 is 0 Å². The van der Waals surface area contributed by atoms with Gasteiger partial charge in [-0.25, -0.2) is 0 Å². The van der Waals surface area contributed by atoms with Crippen molar-refractivity contribution in [1.82, 2.24) is 4.90 Å². The zero-order chi connectivity index (χ0) is 10.2. The van der Waals surface area contributed by atoms with Gasteiger partial charge in [0.15, 0.2) is 4.45 Å². The van der Waals surface area contributed by atoms with Crippen molar-refractivity contribution in [1.29, 1.82) is 0 Å². The lowest BCUT2D eigenvalue weighted by molar-refractivity contribution is 0.224. The van der Waals surface area contributed by atoms with Crippen LogP contribution in [-0.4, -0.2) is 22.4 Å². The standard InChI is InChI=1S/C10H9Cl2NS/c11-9(14)13-6-10(12,7-13)8-4-2-1-3-5-8/h1-5H,6-7H2. The van der Waals surface area contributed by atoms with Crippen LogP contribution in [0.4, 0.5) is 0 Å². The topological polar surface area (TPSA) is 3.24 Å². The van der Waals surface area contributed by atoms with Crippen LogP contribution in [-0.2, 0) is 4.87 Å². The molecular formula is C10H9Cl2NS. The van der Waals surface area contributed by atoms with Gasteiger partial charge in [0.05, 0.1) is 0 Å². The molecule has 0 aromatic heterocycles. The summed E-state index contributed by atoms with van der Waals surface area (Å²) in [5.74, 6) is 0. The first-order valence-corrected chi connectivity index (χ1v) is 5.47. The Morgan fingerprint density at radius 2 is 1.86 bits per heavy atom. The highest BCUT2D eigenvalue weighted by atomic mass is 35.5. The Labute approximate surface area is 98.6 Å². The molecule has 4 heteroatoms. The maximum atomic E-state index is 6.41. The third kappa shape index (κ3) is 1.74. The Morgan fingerprint density at radius 3 is 2.36 bits per heavy atom. The van der Waals surface area contributed by atoms with Crippen LogP contribution in [0.15, 0.2) is 30.3 Å². The molecule has 0 amide bonds. The van der Waals surface area contributed by atoms with Crippen molar-refractivity contribution >= 4 is 39.9 Å². The first-order chi connectivity index (χ1) is 6.62. The molecule has 0 atom stereocenters. The summed E-state index contributed by atoms with van der Waals surface area (Å²) in [4.78, 5) is 1.58. The Kier molecular flexibility index (Phi) is 2.69. The molecule has 74 valence electrons. The number of halogens is 2. The molecule has 1 aliphatic rings. The second-order valence-corrected chi connectivity index (χ2v) is 5.13. The predicted molar refractivity (Wildman–Crippen MR) is 64.0 cm³/mol. The van der Waals surface area contributed by atoms with E-state index in [4.69, 9.17) is 35.4 Å². The van der Waals surface area contributed by atoms with Gasteiger partial charge < -0.3 is 4.90 Å². The van der Waals surface area contributed by atoms with Crippen molar-refractivity contribution in [3.8, 4) is 0 Å². The van der Waals surface area contributed by atoms with E-state index >= 15 is 0 Å². The zero-order valence-corrected chi connectivity index (χ0v) is 9.74. The van der Waals surface area contributed by atoms with Gasteiger partial charge in [0.2, 0.25) is 0 Å². The van der Waals surface area contributed by atoms with E-state index in [0.29, 0.717) is 17.5 Å². The normalized spacial score (nSPS) is 18.9. The smallest absolute Gasteiger partial charge is 0.170 e. The summed E-state index contributed by atoms with van der Waals surface area (Å²) >= 11 is 17.0. The van der Waals surface area contributed by atoms with E-state index in [0.717, 1.165) is 5.56 Å². The van der Waals surface area contributed by atoms with Gasteiger partial charge in [-0.1, -0.05) is 41.9 Å². The number of benzene rings is 1. The summed E-state index contributed by atoms with van der Waals surface area (Å²) in [5.41, 5.74) is 1.13. The second kappa shape index (κ2) is 3.69.